The number of nitrogens with zero attached hydrogens (tertiary/aromatic N) is 3. The molecular formula is C9H9BrFN3O2. The van der Waals surface area contributed by atoms with Gasteiger partial charge in [0.1, 0.15) is 0 Å². The Morgan fingerprint density at radius 2 is 2.44 bits per heavy atom. The first-order valence-corrected chi connectivity index (χ1v) is 5.53. The number of aromatic nitrogens is 2. The predicted octanol–water partition coefficient (Wildman–Crippen LogP) is 1.29. The summed E-state index contributed by atoms with van der Waals surface area (Å²) in [5.74, 6) is -1.54. The van der Waals surface area contributed by atoms with Crippen molar-refractivity contribution in [2.45, 2.75) is 6.42 Å². The normalized spacial score (nSPS) is 20.1. The Labute approximate surface area is 99.4 Å². The molecule has 2 rings (SSSR count). The van der Waals surface area contributed by atoms with Crippen molar-refractivity contribution >= 4 is 27.7 Å². The molecule has 1 atom stereocenters. The van der Waals surface area contributed by atoms with Crippen LogP contribution in [0.5, 0.6) is 0 Å². The van der Waals surface area contributed by atoms with Crippen LogP contribution in [-0.2, 0) is 4.79 Å². The maximum Gasteiger partial charge on any atom is 0.308 e. The molecule has 0 aliphatic carbocycles. The lowest BCUT2D eigenvalue weighted by atomic mass is 10.1. The van der Waals surface area contributed by atoms with E-state index in [1.165, 1.54) is 6.20 Å². The minimum Gasteiger partial charge on any atom is -0.481 e. The summed E-state index contributed by atoms with van der Waals surface area (Å²) in [6, 6.07) is 0. The van der Waals surface area contributed by atoms with Crippen LogP contribution in [0.1, 0.15) is 6.42 Å². The summed E-state index contributed by atoms with van der Waals surface area (Å²) in [4.78, 5) is 20.0. The van der Waals surface area contributed by atoms with E-state index >= 15 is 0 Å². The summed E-state index contributed by atoms with van der Waals surface area (Å²) < 4.78 is 13.2. The molecule has 0 radical (unpaired) electrons. The van der Waals surface area contributed by atoms with E-state index in [1.807, 2.05) is 0 Å². The van der Waals surface area contributed by atoms with Crippen molar-refractivity contribution in [2.75, 3.05) is 18.0 Å². The molecule has 7 heteroatoms. The van der Waals surface area contributed by atoms with E-state index in [2.05, 4.69) is 25.9 Å². The highest BCUT2D eigenvalue weighted by atomic mass is 79.9. The van der Waals surface area contributed by atoms with Crippen LogP contribution < -0.4 is 4.90 Å². The summed E-state index contributed by atoms with van der Waals surface area (Å²) in [7, 11) is 0. The highest BCUT2D eigenvalue weighted by Crippen LogP contribution is 2.23. The molecule has 1 N–H and O–H groups in total. The fourth-order valence-electron chi connectivity index (χ4n) is 1.67. The number of hydrogen-bond acceptors (Lipinski definition) is 4. The molecule has 1 fully saturated rings. The molecule has 86 valence electrons. The molecule has 5 nitrogen and oxygen atoms in total. The Morgan fingerprint density at radius 1 is 1.69 bits per heavy atom. The summed E-state index contributed by atoms with van der Waals surface area (Å²) in [5.41, 5.74) is 0. The molecule has 0 saturated carbocycles. The first-order chi connectivity index (χ1) is 7.58. The van der Waals surface area contributed by atoms with Crippen LogP contribution in [0.2, 0.25) is 0 Å². The fourth-order valence-corrected chi connectivity index (χ4v) is 1.86. The Hall–Kier alpha value is -1.24. The van der Waals surface area contributed by atoms with Gasteiger partial charge in [-0.1, -0.05) is 0 Å². The molecule has 1 aromatic heterocycles. The SMILES string of the molecule is O=C(O)C1CCN(c2cnc(Br)c(F)n2)C1. The molecule has 0 amide bonds. The average Bonchev–Trinajstić information content (AvgIpc) is 2.71. The standard InChI is InChI=1S/C9H9BrFN3O2/c10-7-8(11)13-6(3-12-7)14-2-1-5(4-14)9(15)16/h3,5H,1-2,4H2,(H,15,16). The molecule has 1 unspecified atom stereocenters. The molecule has 0 bridgehead atoms. The van der Waals surface area contributed by atoms with Gasteiger partial charge in [0, 0.05) is 13.1 Å². The third kappa shape index (κ3) is 2.13. The molecule has 0 spiro atoms. The molecule has 0 aromatic carbocycles. The van der Waals surface area contributed by atoms with E-state index in [9.17, 15) is 9.18 Å². The molecule has 1 aliphatic rings. The number of hydrogen-bond donors (Lipinski definition) is 1. The Kier molecular flexibility index (Phi) is 3.04. The van der Waals surface area contributed by atoms with Crippen molar-refractivity contribution < 1.29 is 14.3 Å². The average molecular weight is 290 g/mol. The van der Waals surface area contributed by atoms with Gasteiger partial charge in [-0.3, -0.25) is 4.79 Å². The molecular weight excluding hydrogens is 281 g/mol. The second-order valence-electron chi connectivity index (χ2n) is 3.58. The summed E-state index contributed by atoms with van der Waals surface area (Å²) in [6.07, 6.45) is 1.98. The minimum absolute atomic E-state index is 0.0604. The molecule has 2 heterocycles. The molecule has 16 heavy (non-hydrogen) atoms. The number of anilines is 1. The number of carbonyl (C=O) groups is 1. The predicted molar refractivity (Wildman–Crippen MR) is 57.6 cm³/mol. The zero-order chi connectivity index (χ0) is 11.7. The molecule has 1 aromatic rings. The lowest BCUT2D eigenvalue weighted by Crippen LogP contribution is -2.23. The summed E-state index contributed by atoms with van der Waals surface area (Å²) in [6.45, 7) is 0.914. The van der Waals surface area contributed by atoms with Gasteiger partial charge in [0.25, 0.3) is 0 Å². The van der Waals surface area contributed by atoms with Crippen LogP contribution in [0.4, 0.5) is 10.2 Å². The maximum absolute atomic E-state index is 13.1. The lowest BCUT2D eigenvalue weighted by Gasteiger charge is -2.16. The number of carboxylic acids is 1. The van der Waals surface area contributed by atoms with Crippen molar-refractivity contribution in [3.05, 3.63) is 16.7 Å². The van der Waals surface area contributed by atoms with Crippen molar-refractivity contribution in [3.63, 3.8) is 0 Å². The van der Waals surface area contributed by atoms with Crippen molar-refractivity contribution in [1.29, 1.82) is 0 Å². The minimum atomic E-state index is -0.826. The van der Waals surface area contributed by atoms with Gasteiger partial charge in [-0.2, -0.15) is 9.37 Å². The fraction of sp³-hybridized carbons (Fsp3) is 0.444. The highest BCUT2D eigenvalue weighted by Gasteiger charge is 2.29. The first kappa shape index (κ1) is 11.3. The van der Waals surface area contributed by atoms with E-state index in [0.717, 1.165) is 0 Å². The third-order valence-corrected chi connectivity index (χ3v) is 3.07. The quantitative estimate of drug-likeness (QED) is 0.889. The van der Waals surface area contributed by atoms with Gasteiger partial charge in [-0.25, -0.2) is 4.98 Å². The highest BCUT2D eigenvalue weighted by molar-refractivity contribution is 9.10. The molecule has 1 saturated heterocycles. The second-order valence-corrected chi connectivity index (χ2v) is 4.33. The Morgan fingerprint density at radius 3 is 3.00 bits per heavy atom. The smallest absolute Gasteiger partial charge is 0.308 e. The van der Waals surface area contributed by atoms with Gasteiger partial charge in [0.05, 0.1) is 12.1 Å². The summed E-state index contributed by atoms with van der Waals surface area (Å²) >= 11 is 2.91. The lowest BCUT2D eigenvalue weighted by molar-refractivity contribution is -0.140. The number of aliphatic carboxylic acids is 1. The molecule has 1 aliphatic heterocycles. The van der Waals surface area contributed by atoms with Gasteiger partial charge >= 0.3 is 5.97 Å². The Balaban J connectivity index is 2.14. The zero-order valence-corrected chi connectivity index (χ0v) is 9.82. The maximum atomic E-state index is 13.1. The van der Waals surface area contributed by atoms with Gasteiger partial charge < -0.3 is 10.0 Å². The van der Waals surface area contributed by atoms with Gasteiger partial charge in [0.15, 0.2) is 10.4 Å². The van der Waals surface area contributed by atoms with Crippen LogP contribution in [-0.4, -0.2) is 34.1 Å². The Bertz CT molecular complexity index is 429. The van der Waals surface area contributed by atoms with Gasteiger partial charge in [0.2, 0.25) is 5.95 Å². The zero-order valence-electron chi connectivity index (χ0n) is 8.23. The first-order valence-electron chi connectivity index (χ1n) is 4.73. The van der Waals surface area contributed by atoms with Crippen LogP contribution in [0.3, 0.4) is 0 Å². The van der Waals surface area contributed by atoms with Crippen molar-refractivity contribution in [3.8, 4) is 0 Å². The summed E-state index contributed by atoms with van der Waals surface area (Å²) in [5, 5.41) is 8.83. The van der Waals surface area contributed by atoms with Gasteiger partial charge in [-0.15, -0.1) is 0 Å². The van der Waals surface area contributed by atoms with Crippen molar-refractivity contribution in [1.82, 2.24) is 9.97 Å². The van der Waals surface area contributed by atoms with E-state index in [0.29, 0.717) is 25.3 Å². The topological polar surface area (TPSA) is 66.3 Å². The van der Waals surface area contributed by atoms with E-state index in [4.69, 9.17) is 5.11 Å². The second kappa shape index (κ2) is 4.32. The van der Waals surface area contributed by atoms with Crippen LogP contribution in [0, 0.1) is 11.9 Å². The van der Waals surface area contributed by atoms with Crippen LogP contribution in [0.25, 0.3) is 0 Å². The number of halogens is 2. The van der Waals surface area contributed by atoms with Crippen LogP contribution in [0.15, 0.2) is 10.8 Å². The van der Waals surface area contributed by atoms with E-state index in [1.54, 1.807) is 4.90 Å². The van der Waals surface area contributed by atoms with E-state index < -0.39 is 17.8 Å². The van der Waals surface area contributed by atoms with Crippen LogP contribution >= 0.6 is 15.9 Å². The number of carboxylic acid groups (broad SMARTS) is 1. The van der Waals surface area contributed by atoms with Crippen molar-refractivity contribution in [2.24, 2.45) is 5.92 Å². The largest absolute Gasteiger partial charge is 0.481 e. The monoisotopic (exact) mass is 289 g/mol. The number of rotatable bonds is 2. The third-order valence-electron chi connectivity index (χ3n) is 2.54. The van der Waals surface area contributed by atoms with Gasteiger partial charge in [-0.05, 0) is 22.4 Å². The van der Waals surface area contributed by atoms with E-state index in [-0.39, 0.29) is 4.60 Å².